The molecule has 0 radical (unpaired) electrons. The minimum absolute atomic E-state index is 0.183. The number of nitrogens with zero attached hydrogens (tertiary/aromatic N) is 3. The minimum atomic E-state index is 0.183. The van der Waals surface area contributed by atoms with Gasteiger partial charge in [-0.05, 0) is 48.5 Å². The van der Waals surface area contributed by atoms with E-state index in [0.717, 1.165) is 27.6 Å². The Morgan fingerprint density at radius 2 is 1.55 bits per heavy atom. The van der Waals surface area contributed by atoms with E-state index in [4.69, 9.17) is 4.74 Å². The first-order valence-corrected chi connectivity index (χ1v) is 10.7. The molecule has 0 amide bonds. The van der Waals surface area contributed by atoms with Gasteiger partial charge in [-0.15, -0.1) is 0 Å². The van der Waals surface area contributed by atoms with E-state index in [2.05, 4.69) is 32.7 Å². The molecule has 3 heterocycles. The highest BCUT2D eigenvalue weighted by Gasteiger charge is 2.13. The monoisotopic (exact) mass is 429 g/mol. The smallest absolute Gasteiger partial charge is 0.219 e. The molecule has 0 saturated heterocycles. The molecule has 33 heavy (non-hydrogen) atoms. The van der Waals surface area contributed by atoms with Crippen LogP contribution >= 0.6 is 0 Å². The fourth-order valence-electron chi connectivity index (χ4n) is 4.18. The quantitative estimate of drug-likeness (QED) is 0.337. The number of pyridine rings is 2. The van der Waals surface area contributed by atoms with Gasteiger partial charge in [-0.2, -0.15) is 0 Å². The van der Waals surface area contributed by atoms with E-state index in [-0.39, 0.29) is 5.75 Å². The first kappa shape index (κ1) is 19.1. The normalized spacial score (nSPS) is 11.2. The van der Waals surface area contributed by atoms with Gasteiger partial charge in [-0.25, -0.2) is 9.97 Å². The summed E-state index contributed by atoms with van der Waals surface area (Å²) >= 11 is 0. The number of hydrogen-bond acceptors (Lipinski definition) is 4. The van der Waals surface area contributed by atoms with Crippen LogP contribution in [0.1, 0.15) is 0 Å². The van der Waals surface area contributed by atoms with Crippen LogP contribution < -0.4 is 4.74 Å². The molecule has 158 valence electrons. The number of para-hydroxylation sites is 2. The van der Waals surface area contributed by atoms with Crippen molar-refractivity contribution in [3.05, 3.63) is 109 Å². The number of fused-ring (bicyclic) bond motifs is 3. The molecule has 6 rings (SSSR count). The maximum atomic E-state index is 10.2. The van der Waals surface area contributed by atoms with Gasteiger partial charge in [0.1, 0.15) is 17.1 Å². The van der Waals surface area contributed by atoms with Crippen LogP contribution in [0.15, 0.2) is 109 Å². The van der Waals surface area contributed by atoms with Crippen LogP contribution in [0.5, 0.6) is 17.4 Å². The molecule has 6 aromatic rings. The Morgan fingerprint density at radius 3 is 2.48 bits per heavy atom. The summed E-state index contributed by atoms with van der Waals surface area (Å²) in [5.74, 6) is 1.30. The van der Waals surface area contributed by atoms with Crippen LogP contribution in [0.25, 0.3) is 38.9 Å². The predicted molar refractivity (Wildman–Crippen MR) is 130 cm³/mol. The van der Waals surface area contributed by atoms with Crippen LogP contribution in [-0.2, 0) is 0 Å². The van der Waals surface area contributed by atoms with E-state index in [1.165, 1.54) is 0 Å². The van der Waals surface area contributed by atoms with Gasteiger partial charge in [0, 0.05) is 34.7 Å². The van der Waals surface area contributed by atoms with Gasteiger partial charge >= 0.3 is 0 Å². The average molecular weight is 429 g/mol. The second-order valence-corrected chi connectivity index (χ2v) is 7.70. The van der Waals surface area contributed by atoms with E-state index >= 15 is 0 Å². The zero-order chi connectivity index (χ0) is 22.2. The van der Waals surface area contributed by atoms with Crippen molar-refractivity contribution < 1.29 is 9.84 Å². The van der Waals surface area contributed by atoms with Crippen LogP contribution in [0.4, 0.5) is 0 Å². The fourth-order valence-corrected chi connectivity index (χ4v) is 4.18. The molecule has 0 aliphatic rings. The zero-order valence-corrected chi connectivity index (χ0v) is 17.6. The van der Waals surface area contributed by atoms with Gasteiger partial charge < -0.3 is 9.84 Å². The van der Waals surface area contributed by atoms with Crippen LogP contribution in [0.3, 0.4) is 0 Å². The summed E-state index contributed by atoms with van der Waals surface area (Å²) in [5.41, 5.74) is 4.24. The van der Waals surface area contributed by atoms with Crippen molar-refractivity contribution in [2.24, 2.45) is 0 Å². The molecule has 0 bridgehead atoms. The number of phenolic OH excluding ortho intramolecular Hbond substituents is 1. The van der Waals surface area contributed by atoms with Crippen molar-refractivity contribution in [3.63, 3.8) is 0 Å². The lowest BCUT2D eigenvalue weighted by Gasteiger charge is -2.11. The lowest BCUT2D eigenvalue weighted by atomic mass is 10.1. The molecule has 0 fully saturated rings. The molecule has 3 aromatic carbocycles. The van der Waals surface area contributed by atoms with Crippen LogP contribution in [0, 0.1) is 0 Å². The highest BCUT2D eigenvalue weighted by Crippen LogP contribution is 2.33. The molecule has 1 N–H and O–H groups in total. The van der Waals surface area contributed by atoms with E-state index in [1.807, 2.05) is 72.9 Å². The molecule has 3 aromatic heterocycles. The molecule has 0 unspecified atom stereocenters. The van der Waals surface area contributed by atoms with Gasteiger partial charge in [0.25, 0.3) is 0 Å². The number of hydrogen-bond donors (Lipinski definition) is 1. The third-order valence-corrected chi connectivity index (χ3v) is 5.64. The number of ether oxygens (including phenoxy) is 1. The maximum Gasteiger partial charge on any atom is 0.219 e. The summed E-state index contributed by atoms with van der Waals surface area (Å²) in [7, 11) is 0. The molecule has 0 aliphatic carbocycles. The summed E-state index contributed by atoms with van der Waals surface area (Å²) in [5, 5.41) is 12.4. The van der Waals surface area contributed by atoms with E-state index < -0.39 is 0 Å². The lowest BCUT2D eigenvalue weighted by Crippen LogP contribution is -1.96. The molecular weight excluding hydrogens is 410 g/mol. The second-order valence-electron chi connectivity index (χ2n) is 7.70. The lowest BCUT2D eigenvalue weighted by molar-refractivity contribution is 0.462. The third kappa shape index (κ3) is 3.36. The van der Waals surface area contributed by atoms with Crippen molar-refractivity contribution in [3.8, 4) is 34.3 Å². The maximum absolute atomic E-state index is 10.2. The Morgan fingerprint density at radius 1 is 0.727 bits per heavy atom. The standard InChI is InChI=1S/C28H19N3O2/c32-26-15-4-2-11-23(26)24-13-6-16-27(30-24)33-20-9-5-8-19(18-20)31-25-14-3-1-10-21(25)22-12-7-17-29-28(22)31/h1-18,32H. The first-order valence-electron chi connectivity index (χ1n) is 10.7. The zero-order valence-electron chi connectivity index (χ0n) is 17.6. The summed E-state index contributed by atoms with van der Waals surface area (Å²) in [6.45, 7) is 0. The minimum Gasteiger partial charge on any atom is -0.507 e. The highest BCUT2D eigenvalue weighted by atomic mass is 16.5. The fraction of sp³-hybridized carbons (Fsp3) is 0. The van der Waals surface area contributed by atoms with E-state index in [0.29, 0.717) is 22.9 Å². The first-order chi connectivity index (χ1) is 16.3. The number of benzene rings is 3. The van der Waals surface area contributed by atoms with Crippen LogP contribution in [-0.4, -0.2) is 19.6 Å². The van der Waals surface area contributed by atoms with E-state index in [9.17, 15) is 5.11 Å². The molecule has 5 nitrogen and oxygen atoms in total. The topological polar surface area (TPSA) is 60.2 Å². The SMILES string of the molecule is Oc1ccccc1-c1cccc(Oc2cccc(-n3c4ccccc4c4cccnc43)c2)n1. The molecule has 0 aliphatic heterocycles. The summed E-state index contributed by atoms with van der Waals surface area (Å²) in [4.78, 5) is 9.24. The number of phenols is 1. The van der Waals surface area contributed by atoms with Gasteiger partial charge in [0.05, 0.1) is 16.9 Å². The number of rotatable bonds is 4. The van der Waals surface area contributed by atoms with Gasteiger partial charge in [0.15, 0.2) is 0 Å². The average Bonchev–Trinajstić information content (AvgIpc) is 3.19. The summed E-state index contributed by atoms with van der Waals surface area (Å²) < 4.78 is 8.26. The molecule has 0 atom stereocenters. The second kappa shape index (κ2) is 7.80. The largest absolute Gasteiger partial charge is 0.507 e. The number of aromatic hydroxyl groups is 1. The van der Waals surface area contributed by atoms with Crippen LogP contribution in [0.2, 0.25) is 0 Å². The number of aromatic nitrogens is 3. The van der Waals surface area contributed by atoms with E-state index in [1.54, 1.807) is 18.2 Å². The Hall–Kier alpha value is -4.64. The Bertz CT molecular complexity index is 1570. The van der Waals surface area contributed by atoms with Gasteiger partial charge in [-0.3, -0.25) is 4.57 Å². The molecule has 5 heteroatoms. The summed E-state index contributed by atoms with van der Waals surface area (Å²) in [6.07, 6.45) is 1.81. The van der Waals surface area contributed by atoms with Gasteiger partial charge in [-0.1, -0.05) is 42.5 Å². The molecule has 0 saturated carbocycles. The Balaban J connectivity index is 1.41. The van der Waals surface area contributed by atoms with Crippen molar-refractivity contribution in [1.29, 1.82) is 0 Å². The third-order valence-electron chi connectivity index (χ3n) is 5.64. The van der Waals surface area contributed by atoms with Crippen molar-refractivity contribution in [2.75, 3.05) is 0 Å². The molecular formula is C28H19N3O2. The highest BCUT2D eigenvalue weighted by molar-refractivity contribution is 6.07. The van der Waals surface area contributed by atoms with Gasteiger partial charge in [0.2, 0.25) is 5.88 Å². The Kier molecular flexibility index (Phi) is 4.51. The summed E-state index contributed by atoms with van der Waals surface area (Å²) in [6, 6.07) is 32.9. The predicted octanol–water partition coefficient (Wildman–Crippen LogP) is 6.74. The van der Waals surface area contributed by atoms with Crippen molar-refractivity contribution >= 4 is 21.9 Å². The molecule has 0 spiro atoms. The van der Waals surface area contributed by atoms with Crippen molar-refractivity contribution in [2.45, 2.75) is 0 Å². The Labute approximate surface area is 190 Å². The van der Waals surface area contributed by atoms with Crippen molar-refractivity contribution in [1.82, 2.24) is 14.5 Å².